The van der Waals surface area contributed by atoms with Crippen molar-refractivity contribution in [1.82, 2.24) is 44.9 Å². The van der Waals surface area contributed by atoms with E-state index in [0.29, 0.717) is 19.4 Å². The predicted molar refractivity (Wildman–Crippen MR) is 365 cm³/mol. The lowest BCUT2D eigenvalue weighted by molar-refractivity contribution is -0.164. The molecule has 1 heterocycles. The van der Waals surface area contributed by atoms with Crippen molar-refractivity contribution < 1.29 is 67.0 Å². The molecule has 0 aromatic rings. The monoisotopic (exact) mass is 1330 g/mol. The molecule has 0 bridgehead atoms. The molecule has 8 amide bonds. The number of hydrogen-bond donors (Lipinski definition) is 2. The van der Waals surface area contributed by atoms with E-state index in [9.17, 15) is 24.0 Å². The number of Topliss-reactive ketones (excluding diaryl/α,β-unsaturated/α-hetero) is 3. The van der Waals surface area contributed by atoms with Gasteiger partial charge in [-0.1, -0.05) is 116 Å². The molecule has 2 N–H and O–H groups in total. The van der Waals surface area contributed by atoms with Crippen molar-refractivity contribution >= 4 is 70.6 Å². The van der Waals surface area contributed by atoms with Gasteiger partial charge in [0.2, 0.25) is 47.3 Å². The molecule has 94 heavy (non-hydrogen) atoms. The molecule has 1 aliphatic heterocycles. The highest BCUT2D eigenvalue weighted by Gasteiger charge is 2.48. The Bertz CT molecular complexity index is 2570. The number of likely N-dealkylation sites (N-methyl/N-ethyl adjacent to an activating group) is 7. The zero-order valence-corrected chi connectivity index (χ0v) is 62.5. The summed E-state index contributed by atoms with van der Waals surface area (Å²) in [5.41, 5.74) is 0. The fraction of sp³-hybridized carbons (Fsp3) is 0.803. The highest BCUT2D eigenvalue weighted by Crippen LogP contribution is 2.30. The van der Waals surface area contributed by atoms with E-state index in [4.69, 9.17) is 9.47 Å². The van der Waals surface area contributed by atoms with Gasteiger partial charge < -0.3 is 54.4 Å². The van der Waals surface area contributed by atoms with E-state index in [-0.39, 0.29) is 87.3 Å². The van der Waals surface area contributed by atoms with Crippen LogP contribution in [0.25, 0.3) is 0 Å². The first-order valence-corrected chi connectivity index (χ1v) is 34.3. The first-order chi connectivity index (χ1) is 43.6. The average Bonchev–Trinajstić information content (AvgIpc) is 0.815. The van der Waals surface area contributed by atoms with Crippen LogP contribution in [0.4, 0.5) is 0 Å². The Morgan fingerprint density at radius 1 is 0.553 bits per heavy atom. The Balaban J connectivity index is 4.65. The number of nitrogens with zero attached hydrogens (tertiary/aromatic N) is 7. The Morgan fingerprint density at radius 3 is 1.48 bits per heavy atom. The summed E-state index contributed by atoms with van der Waals surface area (Å²) < 4.78 is 11.6. The van der Waals surface area contributed by atoms with Gasteiger partial charge in [0.1, 0.15) is 48.1 Å². The SMILES string of the molecule is C/C=C/C[C@@H](C)[C@@H](OC(C)=O)[C@H]1C(=O)N[C@@H](CC)C(=O)N(C)[C@H](CCCNC)C(=O)N(C)C([C@H](C)COC)C(=O)C[C@@H](C(C)C)C(=O)N(C)[C@@H](CC(C)C)C(=O)C[C@@H](C)C(=O)C[C@H](C)C(=O)N(C)[C@@H](CC(C)C)C(=O)N(C)[C@@H](CC(C)C)C(=O)N(C)[C@@H](C(C)C)C(=O)N1C. The lowest BCUT2D eigenvalue weighted by atomic mass is 9.83. The fourth-order valence-corrected chi connectivity index (χ4v) is 13.0. The number of methoxy groups -OCH3 is 1. The Morgan fingerprint density at radius 2 is 1.01 bits per heavy atom. The maximum atomic E-state index is 15.6. The van der Waals surface area contributed by atoms with E-state index < -0.39 is 155 Å². The number of carbonyl (C=O) groups excluding carboxylic acids is 12. The number of allylic oxidation sites excluding steroid dienone is 2. The van der Waals surface area contributed by atoms with Crippen LogP contribution in [0.1, 0.15) is 182 Å². The van der Waals surface area contributed by atoms with Crippen LogP contribution < -0.4 is 10.6 Å². The topological polar surface area (TPSA) is 270 Å². The van der Waals surface area contributed by atoms with E-state index in [1.54, 1.807) is 82.4 Å². The molecule has 0 radical (unpaired) electrons. The van der Waals surface area contributed by atoms with Crippen molar-refractivity contribution in [2.24, 2.45) is 59.2 Å². The van der Waals surface area contributed by atoms with Crippen molar-refractivity contribution in [2.45, 2.75) is 236 Å². The van der Waals surface area contributed by atoms with Crippen LogP contribution in [0.2, 0.25) is 0 Å². The molecular formula is C71H125N9O14. The third kappa shape index (κ3) is 24.2. The molecule has 1 fully saturated rings. The summed E-state index contributed by atoms with van der Waals surface area (Å²) >= 11 is 0. The molecule has 0 aromatic heterocycles. The van der Waals surface area contributed by atoms with Gasteiger partial charge in [0.05, 0.1) is 18.7 Å². The van der Waals surface area contributed by atoms with Gasteiger partial charge in [-0.3, -0.25) is 57.5 Å². The molecule has 0 spiro atoms. The smallest absolute Gasteiger partial charge is 0.303 e. The predicted octanol–water partition coefficient (Wildman–Crippen LogP) is 6.72. The van der Waals surface area contributed by atoms with Crippen LogP contribution in [0, 0.1) is 59.2 Å². The summed E-state index contributed by atoms with van der Waals surface area (Å²) in [5.74, 6) is -12.5. The summed E-state index contributed by atoms with van der Waals surface area (Å²) in [5, 5.41) is 5.96. The normalized spacial score (nSPS) is 26.7. The number of nitrogens with one attached hydrogen (secondary N) is 2. The van der Waals surface area contributed by atoms with Gasteiger partial charge in [-0.05, 0) is 101 Å². The van der Waals surface area contributed by atoms with Crippen LogP contribution in [0.5, 0.6) is 0 Å². The zero-order chi connectivity index (χ0) is 72.7. The largest absolute Gasteiger partial charge is 0.459 e. The summed E-state index contributed by atoms with van der Waals surface area (Å²) in [6, 6.07) is -9.91. The van der Waals surface area contributed by atoms with Crippen LogP contribution in [0.3, 0.4) is 0 Å². The van der Waals surface area contributed by atoms with Crippen LogP contribution >= 0.6 is 0 Å². The molecule has 23 heteroatoms. The molecule has 14 atom stereocenters. The van der Waals surface area contributed by atoms with E-state index in [1.807, 2.05) is 47.6 Å². The lowest BCUT2D eigenvalue weighted by Crippen LogP contribution is -2.64. The summed E-state index contributed by atoms with van der Waals surface area (Å²) in [7, 11) is 13.5. The van der Waals surface area contributed by atoms with E-state index in [1.165, 1.54) is 92.8 Å². The van der Waals surface area contributed by atoms with Gasteiger partial charge in [0.25, 0.3) is 0 Å². The van der Waals surface area contributed by atoms with Crippen molar-refractivity contribution in [3.63, 3.8) is 0 Å². The number of esters is 1. The third-order valence-corrected chi connectivity index (χ3v) is 18.7. The highest BCUT2D eigenvalue weighted by molar-refractivity contribution is 6.00. The standard InChI is InChI=1S/C71H125N9O14/c1-27-29-31-46(13)63(94-50(17)81)62-64(85)73-52(28-2)67(88)74(19)53(32-30-33-72-18)68(89)79(24)61(49(16)40-93-26)59(84)39-51(44(9)10)66(87)75(20)54(34-41(3)4)58(83)37-47(14)57(82)38-48(15)65(86)76(21)55(35-42(5)6)69(90)77(22)56(36-43(7)8)70(91)78(23)60(45(11)12)71(92)80(62)25/h27,29,41-49,51-56,60-63,72H,28,30-40H2,1-26H3,(H,73,85)/b29-27+/t46-,47-,48+,49-,51+,52+,53-,54+,55+,56+,60+,61?,62+,63-/m1/s1. The lowest BCUT2D eigenvalue weighted by Gasteiger charge is -2.42. The van der Waals surface area contributed by atoms with Gasteiger partial charge in [0.15, 0.2) is 11.6 Å². The van der Waals surface area contributed by atoms with Crippen LogP contribution in [0.15, 0.2) is 12.2 Å². The molecule has 1 unspecified atom stereocenters. The van der Waals surface area contributed by atoms with Crippen LogP contribution in [-0.4, -0.2) is 236 Å². The summed E-state index contributed by atoms with van der Waals surface area (Å²) in [6.45, 7) is 30.3. The minimum Gasteiger partial charge on any atom is -0.459 e. The van der Waals surface area contributed by atoms with Gasteiger partial charge >= 0.3 is 5.97 Å². The number of rotatable bonds is 21. The van der Waals surface area contributed by atoms with Crippen LogP contribution in [-0.2, 0) is 67.0 Å². The first-order valence-electron chi connectivity index (χ1n) is 34.3. The number of hydrogen-bond acceptors (Lipinski definition) is 15. The number of ether oxygens (including phenoxy) is 2. The van der Waals surface area contributed by atoms with Crippen molar-refractivity contribution in [3.8, 4) is 0 Å². The number of amides is 8. The second-order valence-electron chi connectivity index (χ2n) is 28.8. The molecule has 1 saturated heterocycles. The molecule has 0 aliphatic carbocycles. The number of carbonyl (C=O) groups is 12. The Kier molecular flexibility index (Phi) is 37.0. The van der Waals surface area contributed by atoms with E-state index >= 15 is 33.6 Å². The maximum absolute atomic E-state index is 15.6. The number of ketones is 3. The molecule has 0 aromatic carbocycles. The summed E-state index contributed by atoms with van der Waals surface area (Å²) in [4.78, 5) is 188. The Hall–Kier alpha value is -6.10. The molecule has 23 nitrogen and oxygen atoms in total. The minimum absolute atomic E-state index is 0.0128. The molecule has 1 rings (SSSR count). The van der Waals surface area contributed by atoms with E-state index in [2.05, 4.69) is 10.6 Å². The minimum atomic E-state index is -1.62. The van der Waals surface area contributed by atoms with Crippen molar-refractivity contribution in [2.75, 3.05) is 76.6 Å². The zero-order valence-electron chi connectivity index (χ0n) is 62.5. The maximum Gasteiger partial charge on any atom is 0.303 e. The van der Waals surface area contributed by atoms with E-state index in [0.717, 1.165) is 4.90 Å². The van der Waals surface area contributed by atoms with Gasteiger partial charge in [-0.25, -0.2) is 0 Å². The van der Waals surface area contributed by atoms with Gasteiger partial charge in [-0.15, -0.1) is 0 Å². The molecular weight excluding hydrogens is 1200 g/mol. The fourth-order valence-electron chi connectivity index (χ4n) is 13.0. The third-order valence-electron chi connectivity index (χ3n) is 18.7. The van der Waals surface area contributed by atoms with Crippen molar-refractivity contribution in [1.29, 1.82) is 0 Å². The second kappa shape index (κ2) is 40.5. The van der Waals surface area contributed by atoms with Crippen molar-refractivity contribution in [3.05, 3.63) is 12.2 Å². The van der Waals surface area contributed by atoms with Gasteiger partial charge in [0, 0.05) is 106 Å². The molecule has 538 valence electrons. The highest BCUT2D eigenvalue weighted by atomic mass is 16.5. The molecule has 0 saturated carbocycles. The summed E-state index contributed by atoms with van der Waals surface area (Å²) in [6.07, 6.45) is 2.79. The van der Waals surface area contributed by atoms with Gasteiger partial charge in [-0.2, -0.15) is 0 Å². The first kappa shape index (κ1) is 85.9. The Labute approximate surface area is 564 Å². The second-order valence-corrected chi connectivity index (χ2v) is 28.8. The molecule has 1 aliphatic rings. The quantitative estimate of drug-likeness (QED) is 0.0686. The average molecular weight is 1330 g/mol.